The zero-order valence-electron chi connectivity index (χ0n) is 9.32. The Balaban J connectivity index is 4.13. The van der Waals surface area contributed by atoms with Crippen molar-refractivity contribution >= 4 is 16.7 Å². The van der Waals surface area contributed by atoms with E-state index in [-0.39, 0.29) is 23.0 Å². The number of rotatable bonds is 5. The van der Waals surface area contributed by atoms with Gasteiger partial charge in [-0.15, -0.1) is 0 Å². The summed E-state index contributed by atoms with van der Waals surface area (Å²) in [5.41, 5.74) is 5.37. The van der Waals surface area contributed by atoms with Crippen LogP contribution in [0.3, 0.4) is 0 Å². The molecule has 5 heteroatoms. The Hall–Kier alpha value is -0.420. The highest BCUT2D eigenvalue weighted by Crippen LogP contribution is 1.99. The fourth-order valence-electron chi connectivity index (χ4n) is 0.761. The zero-order chi connectivity index (χ0) is 11.3. The monoisotopic (exact) mass is 220 g/mol. The molecule has 0 aromatic heterocycles. The number of hydrogen-bond donors (Lipinski definition) is 1. The summed E-state index contributed by atoms with van der Waals surface area (Å²) in [6.45, 7) is 5.99. The summed E-state index contributed by atoms with van der Waals surface area (Å²) in [5, 5.41) is -0.112. The van der Waals surface area contributed by atoms with Crippen LogP contribution in [0.5, 0.6) is 0 Å². The molecule has 2 unspecified atom stereocenters. The third-order valence-corrected chi connectivity index (χ3v) is 3.84. The minimum Gasteiger partial charge on any atom is -0.343 e. The lowest BCUT2D eigenvalue weighted by molar-refractivity contribution is -0.128. The maximum Gasteiger partial charge on any atom is 0.235 e. The second-order valence-electron chi connectivity index (χ2n) is 3.67. The minimum absolute atomic E-state index is 0.0764. The van der Waals surface area contributed by atoms with Gasteiger partial charge in [0.05, 0.1) is 0 Å². The molecule has 0 spiro atoms. The van der Waals surface area contributed by atoms with Gasteiger partial charge in [-0.3, -0.25) is 9.00 Å². The first-order valence-corrected chi connectivity index (χ1v) is 6.11. The fraction of sp³-hybridized carbons (Fsp3) is 0.889. The summed E-state index contributed by atoms with van der Waals surface area (Å²) in [6, 6.07) is 0.146. The third-order valence-electron chi connectivity index (χ3n) is 2.21. The van der Waals surface area contributed by atoms with E-state index in [1.54, 1.807) is 18.9 Å². The summed E-state index contributed by atoms with van der Waals surface area (Å²) in [4.78, 5) is 13.1. The van der Waals surface area contributed by atoms with E-state index in [1.165, 1.54) is 0 Å². The lowest BCUT2D eigenvalue weighted by Gasteiger charge is -2.21. The van der Waals surface area contributed by atoms with Crippen LogP contribution in [0.1, 0.15) is 20.8 Å². The van der Waals surface area contributed by atoms with Gasteiger partial charge in [0.1, 0.15) is 5.75 Å². The highest BCUT2D eigenvalue weighted by molar-refractivity contribution is 7.86. The molecule has 0 heterocycles. The van der Waals surface area contributed by atoms with Crippen LogP contribution in [0.25, 0.3) is 0 Å². The van der Waals surface area contributed by atoms with Crippen molar-refractivity contribution in [3.63, 3.8) is 0 Å². The smallest absolute Gasteiger partial charge is 0.235 e. The summed E-state index contributed by atoms with van der Waals surface area (Å²) < 4.78 is 11.5. The van der Waals surface area contributed by atoms with Crippen LogP contribution >= 0.6 is 0 Å². The molecule has 4 nitrogen and oxygen atoms in total. The molecule has 14 heavy (non-hydrogen) atoms. The molecule has 0 rings (SSSR count). The molecular formula is C9H20N2O2S. The maximum atomic E-state index is 11.5. The van der Waals surface area contributed by atoms with Crippen LogP contribution in [-0.2, 0) is 15.6 Å². The molecular weight excluding hydrogens is 200 g/mol. The molecule has 0 fully saturated rings. The van der Waals surface area contributed by atoms with E-state index >= 15 is 0 Å². The van der Waals surface area contributed by atoms with Crippen LogP contribution in [0.4, 0.5) is 0 Å². The van der Waals surface area contributed by atoms with Crippen LogP contribution < -0.4 is 5.73 Å². The number of carbonyl (C=O) groups is 1. The van der Waals surface area contributed by atoms with Gasteiger partial charge < -0.3 is 10.6 Å². The Morgan fingerprint density at radius 3 is 2.29 bits per heavy atom. The molecule has 0 bridgehead atoms. The predicted octanol–water partition coefficient (Wildman–Crippen LogP) is -0.0509. The largest absolute Gasteiger partial charge is 0.343 e. The Morgan fingerprint density at radius 1 is 1.43 bits per heavy atom. The summed E-state index contributed by atoms with van der Waals surface area (Å²) in [6.07, 6.45) is 0. The van der Waals surface area contributed by atoms with E-state index in [2.05, 4.69) is 0 Å². The van der Waals surface area contributed by atoms with Gasteiger partial charge in [-0.2, -0.15) is 0 Å². The van der Waals surface area contributed by atoms with Gasteiger partial charge in [0.15, 0.2) is 0 Å². The van der Waals surface area contributed by atoms with Crippen molar-refractivity contribution in [2.45, 2.75) is 32.1 Å². The molecule has 2 N–H and O–H groups in total. The summed E-state index contributed by atoms with van der Waals surface area (Å²) >= 11 is 0. The van der Waals surface area contributed by atoms with E-state index in [0.29, 0.717) is 6.54 Å². The highest BCUT2D eigenvalue weighted by atomic mass is 32.2. The second kappa shape index (κ2) is 6.14. The number of nitrogens with two attached hydrogens (primary N) is 1. The van der Waals surface area contributed by atoms with Gasteiger partial charge in [-0.05, 0) is 20.8 Å². The average molecular weight is 220 g/mol. The molecule has 0 aromatic carbocycles. The molecule has 0 aliphatic carbocycles. The van der Waals surface area contributed by atoms with E-state index in [1.807, 2.05) is 13.8 Å². The lowest BCUT2D eigenvalue weighted by atomic mass is 10.3. The van der Waals surface area contributed by atoms with Gasteiger partial charge in [0.25, 0.3) is 0 Å². The normalized spacial score (nSPS) is 15.3. The van der Waals surface area contributed by atoms with E-state index in [0.717, 1.165) is 0 Å². The highest BCUT2D eigenvalue weighted by Gasteiger charge is 2.18. The molecule has 0 aliphatic heterocycles. The molecule has 84 valence electrons. The van der Waals surface area contributed by atoms with Crippen molar-refractivity contribution in [3.05, 3.63) is 0 Å². The zero-order valence-corrected chi connectivity index (χ0v) is 10.1. The number of nitrogens with zero attached hydrogens (tertiary/aromatic N) is 1. The van der Waals surface area contributed by atoms with Crippen molar-refractivity contribution in [2.24, 2.45) is 5.73 Å². The van der Waals surface area contributed by atoms with Crippen molar-refractivity contribution in [1.29, 1.82) is 0 Å². The van der Waals surface area contributed by atoms with Gasteiger partial charge in [0.2, 0.25) is 5.91 Å². The molecule has 0 radical (unpaired) electrons. The fourth-order valence-corrected chi connectivity index (χ4v) is 1.71. The number of carbonyl (C=O) groups excluding carboxylic acids is 1. The predicted molar refractivity (Wildman–Crippen MR) is 59.4 cm³/mol. The molecule has 0 saturated heterocycles. The first-order valence-electron chi connectivity index (χ1n) is 4.73. The molecule has 1 amide bonds. The molecule has 0 saturated carbocycles. The third kappa shape index (κ3) is 4.19. The van der Waals surface area contributed by atoms with Gasteiger partial charge in [0, 0.05) is 35.7 Å². The van der Waals surface area contributed by atoms with Crippen molar-refractivity contribution in [1.82, 2.24) is 4.90 Å². The first kappa shape index (κ1) is 13.6. The standard InChI is InChI=1S/C9H20N2O2S/c1-7(2)11(4)9(12)6-14(13)8(3)5-10/h7-8H,5-6,10H2,1-4H3. The number of hydrogen-bond acceptors (Lipinski definition) is 3. The van der Waals surface area contributed by atoms with E-state index in [4.69, 9.17) is 5.73 Å². The first-order chi connectivity index (χ1) is 6.40. The quantitative estimate of drug-likeness (QED) is 0.706. The Kier molecular flexibility index (Phi) is 5.95. The second-order valence-corrected chi connectivity index (χ2v) is 5.52. The van der Waals surface area contributed by atoms with E-state index in [9.17, 15) is 9.00 Å². The van der Waals surface area contributed by atoms with Gasteiger partial charge in [-0.1, -0.05) is 0 Å². The lowest BCUT2D eigenvalue weighted by Crippen LogP contribution is -2.38. The van der Waals surface area contributed by atoms with Gasteiger partial charge >= 0.3 is 0 Å². The Morgan fingerprint density at radius 2 is 1.93 bits per heavy atom. The van der Waals surface area contributed by atoms with Crippen molar-refractivity contribution < 1.29 is 9.00 Å². The topological polar surface area (TPSA) is 63.4 Å². The minimum atomic E-state index is -1.15. The van der Waals surface area contributed by atoms with Crippen LogP contribution in [0.2, 0.25) is 0 Å². The summed E-state index contributed by atoms with van der Waals surface area (Å²) in [7, 11) is 0.571. The van der Waals surface area contributed by atoms with Crippen LogP contribution in [0.15, 0.2) is 0 Å². The molecule has 0 aliphatic rings. The number of amides is 1. The van der Waals surface area contributed by atoms with Crippen molar-refractivity contribution in [3.8, 4) is 0 Å². The summed E-state index contributed by atoms with van der Waals surface area (Å²) in [5.74, 6) is -0.00816. The van der Waals surface area contributed by atoms with Crippen LogP contribution in [-0.4, -0.2) is 45.7 Å². The SMILES string of the molecule is CC(C)N(C)C(=O)CS(=O)C(C)CN. The average Bonchev–Trinajstić information content (AvgIpc) is 2.14. The molecule has 2 atom stereocenters. The van der Waals surface area contributed by atoms with Crippen LogP contribution in [0, 0.1) is 0 Å². The van der Waals surface area contributed by atoms with Gasteiger partial charge in [-0.25, -0.2) is 0 Å². The Labute approximate surface area is 88.3 Å². The Bertz CT molecular complexity index is 219. The molecule has 0 aromatic rings. The maximum absolute atomic E-state index is 11.5. The van der Waals surface area contributed by atoms with E-state index < -0.39 is 10.8 Å². The van der Waals surface area contributed by atoms with Crippen molar-refractivity contribution in [2.75, 3.05) is 19.3 Å².